The van der Waals surface area contributed by atoms with E-state index in [2.05, 4.69) is 25.0 Å². The molecule has 0 aliphatic rings. The predicted molar refractivity (Wildman–Crippen MR) is 129 cm³/mol. The van der Waals surface area contributed by atoms with Gasteiger partial charge in [0.2, 0.25) is 0 Å². The number of nitrogens with one attached hydrogen (secondary N) is 2. The Labute approximate surface area is 195 Å². The van der Waals surface area contributed by atoms with Gasteiger partial charge in [-0.05, 0) is 61.2 Å². The van der Waals surface area contributed by atoms with E-state index in [4.69, 9.17) is 23.2 Å². The van der Waals surface area contributed by atoms with Crippen LogP contribution in [-0.4, -0.2) is 20.3 Å². The Balaban J connectivity index is 1.73. The molecular formula is C22H17Cl2F2N5S. The molecule has 2 N–H and O–H groups in total. The molecular weight excluding hydrogens is 475 g/mol. The molecule has 32 heavy (non-hydrogen) atoms. The van der Waals surface area contributed by atoms with Crippen molar-refractivity contribution in [2.75, 3.05) is 10.0 Å². The Morgan fingerprint density at radius 1 is 1.03 bits per heavy atom. The summed E-state index contributed by atoms with van der Waals surface area (Å²) in [5, 5.41) is 5.45. The summed E-state index contributed by atoms with van der Waals surface area (Å²) in [6.07, 6.45) is 1.28. The van der Waals surface area contributed by atoms with Crippen LogP contribution < -0.4 is 10.0 Å². The van der Waals surface area contributed by atoms with Crippen molar-refractivity contribution in [3.8, 4) is 0 Å². The lowest BCUT2D eigenvalue weighted by atomic mass is 10.2. The topological polar surface area (TPSA) is 62.7 Å². The minimum Gasteiger partial charge on any atom is -0.333 e. The second-order valence-electron chi connectivity index (χ2n) is 6.67. The zero-order valence-corrected chi connectivity index (χ0v) is 19.3. The molecule has 0 aliphatic heterocycles. The summed E-state index contributed by atoms with van der Waals surface area (Å²) in [7, 11) is -0.670. The molecule has 0 spiro atoms. The van der Waals surface area contributed by atoms with Gasteiger partial charge in [0, 0.05) is 9.92 Å². The summed E-state index contributed by atoms with van der Waals surface area (Å²) in [6, 6.07) is 11.3. The second-order valence-corrected chi connectivity index (χ2v) is 9.26. The van der Waals surface area contributed by atoms with Crippen LogP contribution in [0, 0.1) is 18.6 Å². The first kappa shape index (κ1) is 22.4. The zero-order valence-electron chi connectivity index (χ0n) is 17.0. The summed E-state index contributed by atoms with van der Waals surface area (Å²) >= 11 is 12.2. The van der Waals surface area contributed by atoms with Gasteiger partial charge in [0.25, 0.3) is 0 Å². The minimum absolute atomic E-state index is 0.124. The lowest BCUT2D eigenvalue weighted by molar-refractivity contribution is 0.593. The number of hydrogen-bond acceptors (Lipinski definition) is 5. The van der Waals surface area contributed by atoms with Gasteiger partial charge in [-0.25, -0.2) is 23.7 Å². The van der Waals surface area contributed by atoms with Crippen LogP contribution in [0.1, 0.15) is 12.5 Å². The van der Waals surface area contributed by atoms with Crippen molar-refractivity contribution in [3.05, 3.63) is 76.2 Å². The number of halogens is 4. The van der Waals surface area contributed by atoms with Crippen LogP contribution >= 0.6 is 33.9 Å². The Hall–Kier alpha value is -2.81. The van der Waals surface area contributed by atoms with Crippen LogP contribution in [-0.2, 0) is 0 Å². The summed E-state index contributed by atoms with van der Waals surface area (Å²) in [5.74, 6) is -1.43. The number of benzene rings is 2. The molecule has 2 aromatic heterocycles. The van der Waals surface area contributed by atoms with Gasteiger partial charge in [-0.15, -0.1) is 0 Å². The van der Waals surface area contributed by atoms with Crippen molar-refractivity contribution in [3.63, 3.8) is 0 Å². The molecule has 1 atom stereocenters. The standard InChI is InChI=1S/C22H17Cl2F2N5S/c1-3-32(17-6-4-5-13(23)12(17)2)31-15-8-7-14(25)20(19(15)26)30-22-21-16(27-11-28-22)9-10-18(24)29-21/h3-11,31H,1-2H3,(H,27,28,30). The van der Waals surface area contributed by atoms with Crippen LogP contribution in [0.15, 0.2) is 53.7 Å². The number of hydrogen-bond donors (Lipinski definition) is 2. The maximum Gasteiger partial charge on any atom is 0.173 e. The third-order valence-electron chi connectivity index (χ3n) is 4.69. The van der Waals surface area contributed by atoms with Crippen LogP contribution in [0.5, 0.6) is 0 Å². The molecule has 0 saturated heterocycles. The van der Waals surface area contributed by atoms with Gasteiger partial charge in [-0.2, -0.15) is 0 Å². The Morgan fingerprint density at radius 3 is 2.62 bits per heavy atom. The van der Waals surface area contributed by atoms with E-state index in [-0.39, 0.29) is 22.3 Å². The molecule has 0 fully saturated rings. The summed E-state index contributed by atoms with van der Waals surface area (Å²) in [4.78, 5) is 13.3. The lowest BCUT2D eigenvalue weighted by Crippen LogP contribution is -2.05. The van der Waals surface area contributed by atoms with Crippen molar-refractivity contribution >= 4 is 67.5 Å². The fourth-order valence-electron chi connectivity index (χ4n) is 3.06. The highest BCUT2D eigenvalue weighted by Gasteiger charge is 2.18. The molecule has 0 aliphatic carbocycles. The van der Waals surface area contributed by atoms with Gasteiger partial charge in [0.05, 0.1) is 11.2 Å². The molecule has 164 valence electrons. The molecule has 4 aromatic rings. The van der Waals surface area contributed by atoms with Gasteiger partial charge in [-0.1, -0.05) is 39.9 Å². The normalized spacial score (nSPS) is 12.2. The molecule has 0 radical (unpaired) electrons. The summed E-state index contributed by atoms with van der Waals surface area (Å²) in [6.45, 7) is 3.76. The number of anilines is 3. The van der Waals surface area contributed by atoms with Gasteiger partial charge in [-0.3, -0.25) is 0 Å². The van der Waals surface area contributed by atoms with E-state index in [1.807, 2.05) is 31.3 Å². The highest BCUT2D eigenvalue weighted by atomic mass is 35.5. The average molecular weight is 492 g/mol. The molecule has 2 aromatic carbocycles. The Morgan fingerprint density at radius 2 is 1.84 bits per heavy atom. The van der Waals surface area contributed by atoms with E-state index in [1.54, 1.807) is 18.2 Å². The molecule has 1 unspecified atom stereocenters. The number of nitrogens with zero attached hydrogens (tertiary/aromatic N) is 3. The molecule has 2 heterocycles. The maximum atomic E-state index is 15.4. The van der Waals surface area contributed by atoms with Crippen molar-refractivity contribution in [2.45, 2.75) is 18.7 Å². The number of aromatic nitrogens is 3. The SMILES string of the molecule is CC=S(Nc1ccc(F)c(Nc2ncnc3ccc(Cl)nc23)c1F)c1cccc(Cl)c1C. The summed E-state index contributed by atoms with van der Waals surface area (Å²) < 4.78 is 33.2. The molecule has 4 rings (SSSR count). The smallest absolute Gasteiger partial charge is 0.173 e. The first-order valence-corrected chi connectivity index (χ1v) is 11.5. The third-order valence-corrected chi connectivity index (χ3v) is 7.14. The highest BCUT2D eigenvalue weighted by molar-refractivity contribution is 8.16. The fourth-order valence-corrected chi connectivity index (χ4v) is 4.98. The van der Waals surface area contributed by atoms with Crippen LogP contribution in [0.25, 0.3) is 11.0 Å². The quantitative estimate of drug-likeness (QED) is 0.229. The molecule has 5 nitrogen and oxygen atoms in total. The highest BCUT2D eigenvalue weighted by Crippen LogP contribution is 2.37. The van der Waals surface area contributed by atoms with E-state index in [0.717, 1.165) is 10.5 Å². The van der Waals surface area contributed by atoms with Crippen molar-refractivity contribution in [1.29, 1.82) is 0 Å². The van der Waals surface area contributed by atoms with Crippen molar-refractivity contribution in [1.82, 2.24) is 15.0 Å². The monoisotopic (exact) mass is 491 g/mol. The summed E-state index contributed by atoms with van der Waals surface area (Å²) in [5.41, 5.74) is 1.44. The first-order chi connectivity index (χ1) is 15.4. The Kier molecular flexibility index (Phi) is 6.55. The van der Waals surface area contributed by atoms with Gasteiger partial charge in [0.15, 0.2) is 11.6 Å². The first-order valence-electron chi connectivity index (χ1n) is 9.45. The van der Waals surface area contributed by atoms with E-state index in [9.17, 15) is 4.39 Å². The molecule has 0 saturated carbocycles. The van der Waals surface area contributed by atoms with Gasteiger partial charge >= 0.3 is 0 Å². The maximum absolute atomic E-state index is 15.4. The molecule has 0 bridgehead atoms. The molecule has 0 amide bonds. The van der Waals surface area contributed by atoms with E-state index < -0.39 is 22.3 Å². The fraction of sp³-hybridized carbons (Fsp3) is 0.0909. The molecule has 10 heteroatoms. The third kappa shape index (κ3) is 4.39. The van der Waals surface area contributed by atoms with Gasteiger partial charge < -0.3 is 10.0 Å². The number of pyridine rings is 1. The lowest BCUT2D eigenvalue weighted by Gasteiger charge is -2.18. The van der Waals surface area contributed by atoms with E-state index in [0.29, 0.717) is 16.1 Å². The largest absolute Gasteiger partial charge is 0.333 e. The van der Waals surface area contributed by atoms with Crippen molar-refractivity contribution in [2.24, 2.45) is 0 Å². The van der Waals surface area contributed by atoms with Crippen LogP contribution in [0.4, 0.5) is 26.0 Å². The van der Waals surface area contributed by atoms with Crippen molar-refractivity contribution < 1.29 is 8.78 Å². The second kappa shape index (κ2) is 9.36. The van der Waals surface area contributed by atoms with E-state index >= 15 is 4.39 Å². The number of rotatable bonds is 5. The minimum atomic E-state index is -0.794. The van der Waals surface area contributed by atoms with Crippen LogP contribution in [0.3, 0.4) is 0 Å². The Bertz CT molecular complexity index is 1360. The van der Waals surface area contributed by atoms with Gasteiger partial charge in [0.1, 0.15) is 28.5 Å². The van der Waals surface area contributed by atoms with Crippen LogP contribution in [0.2, 0.25) is 10.2 Å². The van der Waals surface area contributed by atoms with E-state index in [1.165, 1.54) is 18.5 Å². The zero-order chi connectivity index (χ0) is 22.8. The predicted octanol–water partition coefficient (Wildman–Crippen LogP) is 7.14. The average Bonchev–Trinajstić information content (AvgIpc) is 2.78. The number of fused-ring (bicyclic) bond motifs is 1.